The zero-order valence-corrected chi connectivity index (χ0v) is 12.9. The number of nitro groups is 1. The Kier molecular flexibility index (Phi) is 5.84. The lowest BCUT2D eigenvalue weighted by Gasteiger charge is -2.40. The third-order valence-electron chi connectivity index (χ3n) is 4.11. The second kappa shape index (κ2) is 7.67. The summed E-state index contributed by atoms with van der Waals surface area (Å²) in [5.74, 6) is -2.70. The zero-order chi connectivity index (χ0) is 17.9. The van der Waals surface area contributed by atoms with Crippen LogP contribution < -0.4 is 0 Å². The van der Waals surface area contributed by atoms with Crippen LogP contribution in [-0.4, -0.2) is 63.8 Å². The highest BCUT2D eigenvalue weighted by molar-refractivity contribution is 5.74. The number of ether oxygens (including phenoxy) is 2. The lowest BCUT2D eigenvalue weighted by Crippen LogP contribution is -2.65. The summed E-state index contributed by atoms with van der Waals surface area (Å²) in [4.78, 5) is 22.1. The molecule has 9 nitrogen and oxygen atoms in total. The van der Waals surface area contributed by atoms with Crippen LogP contribution in [0.4, 0.5) is 0 Å². The minimum absolute atomic E-state index is 0.0105. The second-order valence-corrected chi connectivity index (χ2v) is 5.56. The van der Waals surface area contributed by atoms with Gasteiger partial charge < -0.3 is 24.8 Å². The molecule has 2 rings (SSSR count). The third-order valence-corrected chi connectivity index (χ3v) is 4.11. The normalized spacial score (nSPS) is 33.0. The van der Waals surface area contributed by atoms with Crippen molar-refractivity contribution < 1.29 is 34.5 Å². The van der Waals surface area contributed by atoms with Crippen molar-refractivity contribution >= 4 is 5.97 Å². The van der Waals surface area contributed by atoms with Crippen molar-refractivity contribution in [2.24, 2.45) is 5.92 Å². The van der Waals surface area contributed by atoms with Crippen LogP contribution in [0.25, 0.3) is 0 Å². The summed E-state index contributed by atoms with van der Waals surface area (Å²) in [7, 11) is 1.02. The number of hydrogen-bond acceptors (Lipinski definition) is 8. The number of methoxy groups -OCH3 is 1. The van der Waals surface area contributed by atoms with Crippen LogP contribution in [0.15, 0.2) is 30.3 Å². The number of esters is 1. The van der Waals surface area contributed by atoms with Crippen molar-refractivity contribution in [1.82, 2.24) is 0 Å². The molecule has 1 aromatic rings. The Balaban J connectivity index is 2.22. The van der Waals surface area contributed by atoms with Crippen molar-refractivity contribution in [2.45, 2.75) is 37.1 Å². The Morgan fingerprint density at radius 3 is 2.33 bits per heavy atom. The van der Waals surface area contributed by atoms with Gasteiger partial charge in [-0.3, -0.25) is 14.9 Å². The van der Waals surface area contributed by atoms with E-state index in [1.165, 1.54) is 0 Å². The van der Waals surface area contributed by atoms with Gasteiger partial charge in [0.1, 0.15) is 18.3 Å². The summed E-state index contributed by atoms with van der Waals surface area (Å²) in [6, 6.07) is 6.93. The molecule has 6 atom stereocenters. The van der Waals surface area contributed by atoms with E-state index in [1.807, 2.05) is 0 Å². The molecule has 3 N–H and O–H groups in total. The molecular weight excluding hydrogens is 322 g/mol. The van der Waals surface area contributed by atoms with E-state index in [4.69, 9.17) is 4.74 Å². The fourth-order valence-electron chi connectivity index (χ4n) is 2.85. The smallest absolute Gasteiger partial charge is 0.318 e. The van der Waals surface area contributed by atoms with E-state index in [1.54, 1.807) is 30.3 Å². The van der Waals surface area contributed by atoms with Gasteiger partial charge in [0.15, 0.2) is 12.0 Å². The lowest BCUT2D eigenvalue weighted by molar-refractivity contribution is -0.553. The van der Waals surface area contributed by atoms with E-state index in [-0.39, 0.29) is 6.61 Å². The van der Waals surface area contributed by atoms with Crippen LogP contribution in [0, 0.1) is 16.0 Å². The maximum atomic E-state index is 11.8. The van der Waals surface area contributed by atoms with Gasteiger partial charge in [-0.15, -0.1) is 0 Å². The minimum Gasteiger partial charge on any atom is -0.469 e. The number of aliphatic hydroxyl groups excluding tert-OH is 3. The highest BCUT2D eigenvalue weighted by atomic mass is 16.6. The van der Waals surface area contributed by atoms with E-state index < -0.39 is 47.3 Å². The fraction of sp³-hybridized carbons (Fsp3) is 0.533. The Hall–Kier alpha value is -2.07. The number of carbonyl (C=O) groups is 1. The van der Waals surface area contributed by atoms with Crippen molar-refractivity contribution in [3.05, 3.63) is 46.0 Å². The van der Waals surface area contributed by atoms with Gasteiger partial charge in [0, 0.05) is 4.92 Å². The van der Waals surface area contributed by atoms with Gasteiger partial charge in [0.05, 0.1) is 13.7 Å². The molecule has 1 aliphatic rings. The quantitative estimate of drug-likeness (QED) is 0.356. The summed E-state index contributed by atoms with van der Waals surface area (Å²) in [6.45, 7) is -0.0105. The first kappa shape index (κ1) is 18.3. The maximum Gasteiger partial charge on any atom is 0.318 e. The average Bonchev–Trinajstić information content (AvgIpc) is 2.57. The SMILES string of the molecule is COC(=O)[C@H]1[C@@H](O)[C@H](OCc2ccccc2)[C@@H](O)[C@@H](O)[C@@H]1[N+](=O)[O-]. The van der Waals surface area contributed by atoms with Gasteiger partial charge in [-0.25, -0.2) is 0 Å². The first-order chi connectivity index (χ1) is 11.4. The fourth-order valence-corrected chi connectivity index (χ4v) is 2.85. The highest BCUT2D eigenvalue weighted by Gasteiger charge is 2.59. The van der Waals surface area contributed by atoms with E-state index in [0.717, 1.165) is 12.7 Å². The molecule has 1 saturated carbocycles. The molecule has 9 heteroatoms. The zero-order valence-electron chi connectivity index (χ0n) is 12.9. The van der Waals surface area contributed by atoms with Gasteiger partial charge in [0.2, 0.25) is 0 Å². The monoisotopic (exact) mass is 341 g/mol. The van der Waals surface area contributed by atoms with Gasteiger partial charge in [-0.05, 0) is 5.56 Å². The molecule has 0 amide bonds. The molecule has 1 aromatic carbocycles. The van der Waals surface area contributed by atoms with Crippen molar-refractivity contribution in [1.29, 1.82) is 0 Å². The first-order valence-electron chi connectivity index (χ1n) is 7.29. The molecule has 0 aromatic heterocycles. The molecule has 24 heavy (non-hydrogen) atoms. The first-order valence-corrected chi connectivity index (χ1v) is 7.29. The average molecular weight is 341 g/mol. The van der Waals surface area contributed by atoms with Gasteiger partial charge >= 0.3 is 5.97 Å². The molecule has 0 heterocycles. The molecule has 0 unspecified atom stereocenters. The summed E-state index contributed by atoms with van der Waals surface area (Å²) in [6.07, 6.45) is -6.68. The Labute approximate surface area is 137 Å². The number of hydrogen-bond donors (Lipinski definition) is 3. The summed E-state index contributed by atoms with van der Waals surface area (Å²) >= 11 is 0. The number of aliphatic hydroxyl groups is 3. The van der Waals surface area contributed by atoms with Crippen LogP contribution >= 0.6 is 0 Å². The van der Waals surface area contributed by atoms with Crippen LogP contribution in [0.5, 0.6) is 0 Å². The van der Waals surface area contributed by atoms with Crippen molar-refractivity contribution in [3.63, 3.8) is 0 Å². The highest BCUT2D eigenvalue weighted by Crippen LogP contribution is 2.31. The summed E-state index contributed by atoms with van der Waals surface area (Å²) < 4.78 is 9.91. The molecule has 0 radical (unpaired) electrons. The molecule has 0 bridgehead atoms. The predicted octanol–water partition coefficient (Wildman–Crippen LogP) is -0.897. The summed E-state index contributed by atoms with van der Waals surface area (Å²) in [5, 5.41) is 41.6. The standard InChI is InChI=1S/C15H19NO8/c1-23-15(20)9-10(16(21)22)12(18)13(19)14(11(9)17)24-7-8-5-3-2-4-6-8/h2-6,9-14,17-19H,7H2,1H3/t9-,10-,11-,12+,13+,14+/m1/s1. The van der Waals surface area contributed by atoms with E-state index >= 15 is 0 Å². The van der Waals surface area contributed by atoms with Crippen LogP contribution in [0.3, 0.4) is 0 Å². The second-order valence-electron chi connectivity index (χ2n) is 5.56. The molecule has 0 aliphatic heterocycles. The molecule has 0 saturated heterocycles. The Bertz CT molecular complexity index is 580. The number of carbonyl (C=O) groups excluding carboxylic acids is 1. The molecule has 0 spiro atoms. The molecule has 1 aliphatic carbocycles. The Morgan fingerprint density at radius 1 is 1.17 bits per heavy atom. The Morgan fingerprint density at radius 2 is 1.79 bits per heavy atom. The minimum atomic E-state index is -1.89. The molecule has 1 fully saturated rings. The van der Waals surface area contributed by atoms with Crippen LogP contribution in [-0.2, 0) is 20.9 Å². The third kappa shape index (κ3) is 3.54. The van der Waals surface area contributed by atoms with Crippen LogP contribution in [0.1, 0.15) is 5.56 Å². The largest absolute Gasteiger partial charge is 0.469 e. The van der Waals surface area contributed by atoms with Crippen molar-refractivity contribution in [3.8, 4) is 0 Å². The van der Waals surface area contributed by atoms with Gasteiger partial charge in [-0.2, -0.15) is 0 Å². The topological polar surface area (TPSA) is 139 Å². The van der Waals surface area contributed by atoms with Crippen molar-refractivity contribution in [2.75, 3.05) is 7.11 Å². The molecule has 132 valence electrons. The lowest BCUT2D eigenvalue weighted by atomic mass is 9.77. The van der Waals surface area contributed by atoms with Crippen LogP contribution in [0.2, 0.25) is 0 Å². The number of benzene rings is 1. The maximum absolute atomic E-state index is 11.8. The van der Waals surface area contributed by atoms with Gasteiger partial charge in [0.25, 0.3) is 6.04 Å². The molecular formula is C15H19NO8. The van der Waals surface area contributed by atoms with E-state index in [2.05, 4.69) is 4.74 Å². The van der Waals surface area contributed by atoms with E-state index in [0.29, 0.717) is 0 Å². The number of nitrogens with zero attached hydrogens (tertiary/aromatic N) is 1. The predicted molar refractivity (Wildman–Crippen MR) is 79.3 cm³/mol. The van der Waals surface area contributed by atoms with E-state index in [9.17, 15) is 30.2 Å². The summed E-state index contributed by atoms with van der Waals surface area (Å²) in [5.41, 5.74) is 0.734. The van der Waals surface area contributed by atoms with Gasteiger partial charge in [-0.1, -0.05) is 30.3 Å². The number of rotatable bonds is 5.